The van der Waals surface area contributed by atoms with Crippen LogP contribution in [0.15, 0.2) is 42.5 Å². The molecule has 3 nitrogen and oxygen atoms in total. The summed E-state index contributed by atoms with van der Waals surface area (Å²) in [5, 5.41) is 12.7. The zero-order valence-corrected chi connectivity index (χ0v) is 9.70. The van der Waals surface area contributed by atoms with E-state index in [0.717, 1.165) is 11.4 Å². The van der Waals surface area contributed by atoms with Gasteiger partial charge in [-0.15, -0.1) is 0 Å². The zero-order chi connectivity index (χ0) is 12.3. The molecule has 0 aliphatic carbocycles. The minimum Gasteiger partial charge on any atom is -0.398 e. The van der Waals surface area contributed by atoms with Crippen molar-refractivity contribution in [2.75, 3.05) is 11.1 Å². The quantitative estimate of drug-likeness (QED) is 0.793. The maximum atomic E-state index is 8.87. The third-order valence-electron chi connectivity index (χ3n) is 2.31. The molecule has 17 heavy (non-hydrogen) atoms. The van der Waals surface area contributed by atoms with Gasteiger partial charge in [0.05, 0.1) is 5.56 Å². The predicted octanol–water partition coefficient (Wildman–Crippen LogP) is 3.54. The van der Waals surface area contributed by atoms with E-state index in [2.05, 4.69) is 5.32 Å². The molecule has 0 heterocycles. The lowest BCUT2D eigenvalue weighted by atomic mass is 10.1. The Balaban J connectivity index is 2.25. The van der Waals surface area contributed by atoms with E-state index >= 15 is 0 Å². The molecule has 0 aliphatic rings. The van der Waals surface area contributed by atoms with Gasteiger partial charge in [0.15, 0.2) is 0 Å². The van der Waals surface area contributed by atoms with E-state index in [4.69, 9.17) is 22.6 Å². The highest BCUT2D eigenvalue weighted by Crippen LogP contribution is 2.22. The molecule has 84 valence electrons. The second-order valence-corrected chi connectivity index (χ2v) is 3.98. The highest BCUT2D eigenvalue weighted by Gasteiger charge is 2.00. The van der Waals surface area contributed by atoms with Crippen LogP contribution in [0.4, 0.5) is 17.1 Å². The molecule has 0 atom stereocenters. The fourth-order valence-electron chi connectivity index (χ4n) is 1.43. The molecule has 2 aromatic carbocycles. The van der Waals surface area contributed by atoms with Gasteiger partial charge in [-0.3, -0.25) is 0 Å². The number of anilines is 3. The van der Waals surface area contributed by atoms with E-state index in [-0.39, 0.29) is 0 Å². The van der Waals surface area contributed by atoms with E-state index in [1.54, 1.807) is 24.3 Å². The summed E-state index contributed by atoms with van der Waals surface area (Å²) in [4.78, 5) is 0. The van der Waals surface area contributed by atoms with E-state index in [9.17, 15) is 0 Å². The molecule has 0 aliphatic heterocycles. The van der Waals surface area contributed by atoms with Gasteiger partial charge in [-0.25, -0.2) is 0 Å². The SMILES string of the molecule is N#Cc1cc(Nc2ccc(Cl)cc2)ccc1N. The van der Waals surface area contributed by atoms with Gasteiger partial charge in [-0.1, -0.05) is 11.6 Å². The number of nitrogens with one attached hydrogen (secondary N) is 1. The molecule has 4 heteroatoms. The smallest absolute Gasteiger partial charge is 0.101 e. The number of hydrogen-bond donors (Lipinski definition) is 2. The normalized spacial score (nSPS) is 9.65. The summed E-state index contributed by atoms with van der Waals surface area (Å²) in [5.41, 5.74) is 8.31. The van der Waals surface area contributed by atoms with Crippen LogP contribution in [0.3, 0.4) is 0 Å². The minimum absolute atomic E-state index is 0.462. The summed E-state index contributed by atoms with van der Waals surface area (Å²) >= 11 is 5.80. The second-order valence-electron chi connectivity index (χ2n) is 3.55. The average molecular weight is 244 g/mol. The molecule has 0 bridgehead atoms. The molecule has 0 saturated heterocycles. The third kappa shape index (κ3) is 2.68. The van der Waals surface area contributed by atoms with Gasteiger partial charge in [0.2, 0.25) is 0 Å². The summed E-state index contributed by atoms with van der Waals surface area (Å²) in [7, 11) is 0. The maximum absolute atomic E-state index is 8.87. The Hall–Kier alpha value is -2.18. The van der Waals surface area contributed by atoms with Crippen LogP contribution in [0.1, 0.15) is 5.56 Å². The molecule has 3 N–H and O–H groups in total. The summed E-state index contributed by atoms with van der Waals surface area (Å²) in [5.74, 6) is 0. The van der Waals surface area contributed by atoms with Crippen molar-refractivity contribution in [2.45, 2.75) is 0 Å². The van der Waals surface area contributed by atoms with Crippen LogP contribution in [-0.2, 0) is 0 Å². The molecule has 0 radical (unpaired) electrons. The molecule has 0 fully saturated rings. The predicted molar refractivity (Wildman–Crippen MR) is 70.3 cm³/mol. The van der Waals surface area contributed by atoms with Crippen LogP contribution >= 0.6 is 11.6 Å². The Kier molecular flexibility index (Phi) is 3.17. The standard InChI is InChI=1S/C13H10ClN3/c14-10-1-3-11(4-2-10)17-12-5-6-13(16)9(7-12)8-15/h1-7,17H,16H2. The summed E-state index contributed by atoms with van der Waals surface area (Å²) in [6, 6.07) is 14.6. The number of nitrogen functional groups attached to an aromatic ring is 1. The van der Waals surface area contributed by atoms with Crippen molar-refractivity contribution in [3.05, 3.63) is 53.1 Å². The van der Waals surface area contributed by atoms with E-state index in [1.165, 1.54) is 0 Å². The fourth-order valence-corrected chi connectivity index (χ4v) is 1.56. The largest absolute Gasteiger partial charge is 0.398 e. The van der Waals surface area contributed by atoms with Crippen molar-refractivity contribution >= 4 is 28.7 Å². The van der Waals surface area contributed by atoms with Crippen LogP contribution in [0.5, 0.6) is 0 Å². The van der Waals surface area contributed by atoms with Crippen LogP contribution in [0.2, 0.25) is 5.02 Å². The van der Waals surface area contributed by atoms with Gasteiger partial charge in [-0.05, 0) is 42.5 Å². The number of rotatable bonds is 2. The Morgan fingerprint density at radius 2 is 1.71 bits per heavy atom. The lowest BCUT2D eigenvalue weighted by molar-refractivity contribution is 1.47. The Morgan fingerprint density at radius 1 is 1.06 bits per heavy atom. The Labute approximate surface area is 104 Å². The van der Waals surface area contributed by atoms with Crippen molar-refractivity contribution in [3.63, 3.8) is 0 Å². The summed E-state index contributed by atoms with van der Waals surface area (Å²) in [6.07, 6.45) is 0. The van der Waals surface area contributed by atoms with Crippen LogP contribution in [0.25, 0.3) is 0 Å². The van der Waals surface area contributed by atoms with Gasteiger partial charge in [0.1, 0.15) is 6.07 Å². The summed E-state index contributed by atoms with van der Waals surface area (Å²) in [6.45, 7) is 0. The molecule has 0 amide bonds. The highest BCUT2D eigenvalue weighted by atomic mass is 35.5. The van der Waals surface area contributed by atoms with Gasteiger partial charge < -0.3 is 11.1 Å². The highest BCUT2D eigenvalue weighted by molar-refractivity contribution is 6.30. The van der Waals surface area contributed by atoms with Crippen LogP contribution in [-0.4, -0.2) is 0 Å². The first-order valence-electron chi connectivity index (χ1n) is 5.01. The number of nitrogens with two attached hydrogens (primary N) is 1. The molecular formula is C13H10ClN3. The van der Waals surface area contributed by atoms with E-state index in [1.807, 2.05) is 24.3 Å². The molecule has 0 unspecified atom stereocenters. The van der Waals surface area contributed by atoms with E-state index < -0.39 is 0 Å². The van der Waals surface area contributed by atoms with Gasteiger partial charge in [-0.2, -0.15) is 5.26 Å². The van der Waals surface area contributed by atoms with Crippen molar-refractivity contribution in [1.29, 1.82) is 5.26 Å². The molecule has 0 spiro atoms. The van der Waals surface area contributed by atoms with Crippen LogP contribution < -0.4 is 11.1 Å². The third-order valence-corrected chi connectivity index (χ3v) is 2.56. The minimum atomic E-state index is 0.462. The van der Waals surface area contributed by atoms with Gasteiger partial charge in [0.25, 0.3) is 0 Å². The number of benzene rings is 2. The summed E-state index contributed by atoms with van der Waals surface area (Å²) < 4.78 is 0. The van der Waals surface area contributed by atoms with Crippen molar-refractivity contribution in [3.8, 4) is 6.07 Å². The molecule has 0 aromatic heterocycles. The van der Waals surface area contributed by atoms with E-state index in [0.29, 0.717) is 16.3 Å². The van der Waals surface area contributed by atoms with Crippen molar-refractivity contribution in [2.24, 2.45) is 0 Å². The van der Waals surface area contributed by atoms with Crippen LogP contribution in [0, 0.1) is 11.3 Å². The Morgan fingerprint density at radius 3 is 2.35 bits per heavy atom. The number of hydrogen-bond acceptors (Lipinski definition) is 3. The first-order chi connectivity index (χ1) is 8.19. The monoisotopic (exact) mass is 243 g/mol. The molecule has 2 rings (SSSR count). The maximum Gasteiger partial charge on any atom is 0.101 e. The number of nitrogens with zero attached hydrogens (tertiary/aromatic N) is 1. The van der Waals surface area contributed by atoms with Crippen molar-refractivity contribution in [1.82, 2.24) is 0 Å². The zero-order valence-electron chi connectivity index (χ0n) is 8.94. The lowest BCUT2D eigenvalue weighted by Crippen LogP contribution is -1.94. The van der Waals surface area contributed by atoms with Gasteiger partial charge in [0, 0.05) is 22.1 Å². The second kappa shape index (κ2) is 4.77. The Bertz CT molecular complexity index is 570. The van der Waals surface area contributed by atoms with Crippen molar-refractivity contribution < 1.29 is 0 Å². The molecular weight excluding hydrogens is 234 g/mol. The topological polar surface area (TPSA) is 61.8 Å². The lowest BCUT2D eigenvalue weighted by Gasteiger charge is -2.07. The average Bonchev–Trinajstić information content (AvgIpc) is 2.34. The first-order valence-corrected chi connectivity index (χ1v) is 5.39. The molecule has 2 aromatic rings. The number of halogens is 1. The molecule has 0 saturated carbocycles. The first kappa shape index (κ1) is 11.3. The van der Waals surface area contributed by atoms with Gasteiger partial charge >= 0.3 is 0 Å². The fraction of sp³-hybridized carbons (Fsp3) is 0. The number of nitriles is 1.